The molecule has 1 saturated heterocycles. The minimum Gasteiger partial charge on any atom is -0.326 e. The van der Waals surface area contributed by atoms with Gasteiger partial charge in [0.15, 0.2) is 0 Å². The summed E-state index contributed by atoms with van der Waals surface area (Å²) in [6, 6.07) is 5.60. The van der Waals surface area contributed by atoms with Crippen LogP contribution in [0.3, 0.4) is 0 Å². The maximum atomic E-state index is 13.1. The molecule has 2 atom stereocenters. The topological polar surface area (TPSA) is 29.3 Å². The van der Waals surface area contributed by atoms with Gasteiger partial charge in [-0.1, -0.05) is 19.1 Å². The van der Waals surface area contributed by atoms with Crippen LogP contribution in [-0.2, 0) is 6.54 Å². The van der Waals surface area contributed by atoms with Gasteiger partial charge in [0.1, 0.15) is 5.82 Å². The van der Waals surface area contributed by atoms with Crippen LogP contribution in [0.25, 0.3) is 0 Å². The van der Waals surface area contributed by atoms with Gasteiger partial charge in [0, 0.05) is 25.7 Å². The summed E-state index contributed by atoms with van der Waals surface area (Å²) >= 11 is 0. The first-order chi connectivity index (χ1) is 7.56. The molecule has 0 saturated carbocycles. The lowest BCUT2D eigenvalue weighted by Crippen LogP contribution is -2.28. The van der Waals surface area contributed by atoms with Crippen molar-refractivity contribution in [3.8, 4) is 0 Å². The highest BCUT2D eigenvalue weighted by atomic mass is 19.1. The van der Waals surface area contributed by atoms with E-state index in [2.05, 4.69) is 11.8 Å². The van der Waals surface area contributed by atoms with Gasteiger partial charge in [-0.25, -0.2) is 4.39 Å². The minimum atomic E-state index is -0.129. The molecular formula is C13H19FN2. The predicted molar refractivity (Wildman–Crippen MR) is 63.6 cm³/mol. The Morgan fingerprint density at radius 2 is 2.19 bits per heavy atom. The highest BCUT2D eigenvalue weighted by Gasteiger charge is 2.26. The number of rotatable bonds is 2. The molecule has 88 valence electrons. The molecule has 1 aromatic rings. The highest BCUT2D eigenvalue weighted by Crippen LogP contribution is 2.18. The molecule has 0 aliphatic carbocycles. The van der Waals surface area contributed by atoms with Gasteiger partial charge >= 0.3 is 0 Å². The van der Waals surface area contributed by atoms with Crippen molar-refractivity contribution in [2.24, 2.45) is 11.7 Å². The SMILES string of the molecule is Cc1cc(CN2CC(C)C(N)C2)ccc1F. The van der Waals surface area contributed by atoms with Crippen molar-refractivity contribution in [1.29, 1.82) is 0 Å². The minimum absolute atomic E-state index is 0.129. The number of nitrogens with two attached hydrogens (primary N) is 1. The maximum Gasteiger partial charge on any atom is 0.126 e. The van der Waals surface area contributed by atoms with E-state index in [1.807, 2.05) is 12.1 Å². The summed E-state index contributed by atoms with van der Waals surface area (Å²) in [6.45, 7) is 6.84. The maximum absolute atomic E-state index is 13.1. The number of hydrogen-bond donors (Lipinski definition) is 1. The normalized spacial score (nSPS) is 26.2. The molecule has 16 heavy (non-hydrogen) atoms. The average Bonchev–Trinajstić information content (AvgIpc) is 2.52. The van der Waals surface area contributed by atoms with Crippen LogP contribution in [0.5, 0.6) is 0 Å². The second kappa shape index (κ2) is 4.52. The molecule has 2 unspecified atom stereocenters. The summed E-state index contributed by atoms with van der Waals surface area (Å²) < 4.78 is 13.1. The second-order valence-electron chi connectivity index (χ2n) is 4.92. The summed E-state index contributed by atoms with van der Waals surface area (Å²) in [4.78, 5) is 2.34. The van der Waals surface area contributed by atoms with Gasteiger partial charge in [0.05, 0.1) is 0 Å². The molecule has 2 rings (SSSR count). The molecule has 3 heteroatoms. The summed E-state index contributed by atoms with van der Waals surface area (Å²) in [5.74, 6) is 0.428. The van der Waals surface area contributed by atoms with Crippen molar-refractivity contribution in [3.63, 3.8) is 0 Å². The van der Waals surface area contributed by atoms with E-state index in [1.54, 1.807) is 13.0 Å². The lowest BCUT2D eigenvalue weighted by atomic mass is 10.1. The second-order valence-corrected chi connectivity index (χ2v) is 4.92. The van der Waals surface area contributed by atoms with Crippen LogP contribution in [0.4, 0.5) is 4.39 Å². The van der Waals surface area contributed by atoms with Gasteiger partial charge in [0.25, 0.3) is 0 Å². The monoisotopic (exact) mass is 222 g/mol. The van der Waals surface area contributed by atoms with Crippen LogP contribution in [-0.4, -0.2) is 24.0 Å². The fourth-order valence-corrected chi connectivity index (χ4v) is 2.29. The first-order valence-corrected chi connectivity index (χ1v) is 5.79. The van der Waals surface area contributed by atoms with Crippen LogP contribution in [0.1, 0.15) is 18.1 Å². The fraction of sp³-hybridized carbons (Fsp3) is 0.538. The third-order valence-corrected chi connectivity index (χ3v) is 3.37. The summed E-state index contributed by atoms with van der Waals surface area (Å²) in [6.07, 6.45) is 0. The number of benzene rings is 1. The standard InChI is InChI=1S/C13H19FN2/c1-9-5-11(3-4-12(9)14)7-16-6-10(2)13(15)8-16/h3-5,10,13H,6-8,15H2,1-2H3. The summed E-state index contributed by atoms with van der Waals surface area (Å²) in [7, 11) is 0. The van der Waals surface area contributed by atoms with E-state index in [-0.39, 0.29) is 11.9 Å². The van der Waals surface area contributed by atoms with Gasteiger partial charge in [-0.15, -0.1) is 0 Å². The molecule has 1 aliphatic heterocycles. The molecule has 1 fully saturated rings. The molecule has 1 aliphatic rings. The fourth-order valence-electron chi connectivity index (χ4n) is 2.29. The Hall–Kier alpha value is -0.930. The Balaban J connectivity index is 2.02. The van der Waals surface area contributed by atoms with Gasteiger partial charge in [-0.3, -0.25) is 4.90 Å². The van der Waals surface area contributed by atoms with Gasteiger partial charge < -0.3 is 5.73 Å². The molecule has 2 N–H and O–H groups in total. The quantitative estimate of drug-likeness (QED) is 0.828. The number of aryl methyl sites for hydroxylation is 1. The van der Waals surface area contributed by atoms with E-state index in [4.69, 9.17) is 5.73 Å². The molecular weight excluding hydrogens is 203 g/mol. The molecule has 1 aromatic carbocycles. The lowest BCUT2D eigenvalue weighted by molar-refractivity contribution is 0.318. The van der Waals surface area contributed by atoms with Crippen molar-refractivity contribution in [2.45, 2.75) is 26.4 Å². The smallest absolute Gasteiger partial charge is 0.126 e. The Bertz CT molecular complexity index is 368. The largest absolute Gasteiger partial charge is 0.326 e. The molecule has 0 spiro atoms. The van der Waals surface area contributed by atoms with Crippen LogP contribution >= 0.6 is 0 Å². The van der Waals surface area contributed by atoms with E-state index in [0.29, 0.717) is 11.5 Å². The zero-order chi connectivity index (χ0) is 11.7. The van der Waals surface area contributed by atoms with Crippen molar-refractivity contribution in [1.82, 2.24) is 4.90 Å². The van der Waals surface area contributed by atoms with E-state index in [0.717, 1.165) is 19.6 Å². The van der Waals surface area contributed by atoms with Crippen LogP contribution in [0.2, 0.25) is 0 Å². The average molecular weight is 222 g/mol. The summed E-state index contributed by atoms with van der Waals surface area (Å²) in [5.41, 5.74) is 7.86. The third kappa shape index (κ3) is 2.42. The number of hydrogen-bond acceptors (Lipinski definition) is 2. The van der Waals surface area contributed by atoms with Gasteiger partial charge in [-0.05, 0) is 30.0 Å². The van der Waals surface area contributed by atoms with Gasteiger partial charge in [0.2, 0.25) is 0 Å². The van der Waals surface area contributed by atoms with Crippen molar-refractivity contribution in [3.05, 3.63) is 35.1 Å². The highest BCUT2D eigenvalue weighted by molar-refractivity contribution is 5.24. The van der Waals surface area contributed by atoms with E-state index in [9.17, 15) is 4.39 Å². The van der Waals surface area contributed by atoms with Crippen molar-refractivity contribution >= 4 is 0 Å². The molecule has 0 bridgehead atoms. The Labute approximate surface area is 96.2 Å². The van der Waals surface area contributed by atoms with E-state index >= 15 is 0 Å². The van der Waals surface area contributed by atoms with E-state index < -0.39 is 0 Å². The molecule has 0 amide bonds. The zero-order valence-electron chi connectivity index (χ0n) is 9.91. The summed E-state index contributed by atoms with van der Waals surface area (Å²) in [5, 5.41) is 0. The van der Waals surface area contributed by atoms with Crippen molar-refractivity contribution < 1.29 is 4.39 Å². The Kier molecular flexibility index (Phi) is 3.26. The van der Waals surface area contributed by atoms with Crippen LogP contribution in [0, 0.1) is 18.7 Å². The molecule has 0 aromatic heterocycles. The van der Waals surface area contributed by atoms with Crippen molar-refractivity contribution in [2.75, 3.05) is 13.1 Å². The van der Waals surface area contributed by atoms with Gasteiger partial charge in [-0.2, -0.15) is 0 Å². The first-order valence-electron chi connectivity index (χ1n) is 5.79. The third-order valence-electron chi connectivity index (χ3n) is 3.37. The molecule has 1 heterocycles. The first kappa shape index (κ1) is 11.6. The van der Waals surface area contributed by atoms with E-state index in [1.165, 1.54) is 5.56 Å². The molecule has 0 radical (unpaired) electrons. The molecule has 2 nitrogen and oxygen atoms in total. The number of likely N-dealkylation sites (tertiary alicyclic amines) is 1. The predicted octanol–water partition coefficient (Wildman–Crippen LogP) is 1.91. The zero-order valence-corrected chi connectivity index (χ0v) is 9.91. The number of halogens is 1. The Morgan fingerprint density at radius 3 is 2.75 bits per heavy atom. The van der Waals surface area contributed by atoms with Crippen LogP contribution in [0.15, 0.2) is 18.2 Å². The lowest BCUT2D eigenvalue weighted by Gasteiger charge is -2.15. The van der Waals surface area contributed by atoms with Crippen LogP contribution < -0.4 is 5.73 Å². The Morgan fingerprint density at radius 1 is 1.44 bits per heavy atom. The number of nitrogens with zero attached hydrogens (tertiary/aromatic N) is 1.